The number of carbonyl (C=O) groups is 2. The molecular formula is C18H18O3. The molecule has 0 N–H and O–H groups in total. The van der Waals surface area contributed by atoms with Crippen LogP contribution in [0.15, 0.2) is 54.6 Å². The van der Waals surface area contributed by atoms with Gasteiger partial charge >= 0.3 is 5.97 Å². The van der Waals surface area contributed by atoms with Crippen molar-refractivity contribution in [2.75, 3.05) is 6.61 Å². The molecule has 3 nitrogen and oxygen atoms in total. The van der Waals surface area contributed by atoms with Gasteiger partial charge in [0.25, 0.3) is 0 Å². The van der Waals surface area contributed by atoms with Crippen molar-refractivity contribution < 1.29 is 14.3 Å². The van der Waals surface area contributed by atoms with Gasteiger partial charge in [0.15, 0.2) is 0 Å². The SMILES string of the molecule is CCOC(=O)C(=O)CCc1ccccc1-c1ccccc1. The first-order valence-electron chi connectivity index (χ1n) is 7.05. The van der Waals surface area contributed by atoms with Crippen molar-refractivity contribution in [1.29, 1.82) is 0 Å². The van der Waals surface area contributed by atoms with Crippen molar-refractivity contribution in [2.24, 2.45) is 0 Å². The van der Waals surface area contributed by atoms with E-state index < -0.39 is 11.8 Å². The Bertz CT molecular complexity index is 617. The molecule has 0 aromatic heterocycles. The molecule has 0 atom stereocenters. The van der Waals surface area contributed by atoms with Gasteiger partial charge in [-0.2, -0.15) is 0 Å². The molecule has 0 unspecified atom stereocenters. The molecule has 3 heteroatoms. The van der Waals surface area contributed by atoms with Gasteiger partial charge in [0.05, 0.1) is 6.61 Å². The molecule has 0 saturated carbocycles. The summed E-state index contributed by atoms with van der Waals surface area (Å²) in [5.41, 5.74) is 3.26. The first-order chi connectivity index (χ1) is 10.2. The fourth-order valence-electron chi connectivity index (χ4n) is 2.20. The van der Waals surface area contributed by atoms with E-state index in [0.717, 1.165) is 16.7 Å². The second kappa shape index (κ2) is 7.39. The van der Waals surface area contributed by atoms with Gasteiger partial charge in [-0.3, -0.25) is 4.79 Å². The Morgan fingerprint density at radius 1 is 0.952 bits per heavy atom. The minimum Gasteiger partial charge on any atom is -0.460 e. The lowest BCUT2D eigenvalue weighted by Crippen LogP contribution is -2.17. The number of Topliss-reactive ketones (excluding diaryl/α,β-unsaturated/α-hetero) is 1. The van der Waals surface area contributed by atoms with Crippen molar-refractivity contribution in [1.82, 2.24) is 0 Å². The van der Waals surface area contributed by atoms with E-state index in [4.69, 9.17) is 4.74 Å². The Kier molecular flexibility index (Phi) is 5.27. The zero-order valence-corrected chi connectivity index (χ0v) is 12.0. The van der Waals surface area contributed by atoms with Gasteiger partial charge in [-0.25, -0.2) is 4.79 Å². The third kappa shape index (κ3) is 4.02. The van der Waals surface area contributed by atoms with Crippen LogP contribution in [0, 0.1) is 0 Å². The van der Waals surface area contributed by atoms with Crippen molar-refractivity contribution in [3.05, 3.63) is 60.2 Å². The smallest absolute Gasteiger partial charge is 0.374 e. The summed E-state index contributed by atoms with van der Waals surface area (Å²) in [7, 11) is 0. The Morgan fingerprint density at radius 3 is 2.33 bits per heavy atom. The monoisotopic (exact) mass is 282 g/mol. The summed E-state index contributed by atoms with van der Waals surface area (Å²) in [4.78, 5) is 23.0. The van der Waals surface area contributed by atoms with Crippen LogP contribution in [0.3, 0.4) is 0 Å². The number of aryl methyl sites for hydroxylation is 1. The van der Waals surface area contributed by atoms with Crippen LogP contribution in [0.1, 0.15) is 18.9 Å². The van der Waals surface area contributed by atoms with E-state index in [0.29, 0.717) is 6.42 Å². The van der Waals surface area contributed by atoms with Crippen LogP contribution in [0.25, 0.3) is 11.1 Å². The molecule has 0 aliphatic heterocycles. The molecule has 0 spiro atoms. The molecule has 0 bridgehead atoms. The van der Waals surface area contributed by atoms with Crippen molar-refractivity contribution in [3.63, 3.8) is 0 Å². The Hall–Kier alpha value is -2.42. The number of rotatable bonds is 6. The van der Waals surface area contributed by atoms with Crippen LogP contribution < -0.4 is 0 Å². The van der Waals surface area contributed by atoms with Gasteiger partial charge in [-0.1, -0.05) is 54.6 Å². The van der Waals surface area contributed by atoms with Gasteiger partial charge in [-0.05, 0) is 30.0 Å². The topological polar surface area (TPSA) is 43.4 Å². The fraction of sp³-hybridized carbons (Fsp3) is 0.222. The summed E-state index contributed by atoms with van der Waals surface area (Å²) in [6.45, 7) is 1.92. The average molecular weight is 282 g/mol. The lowest BCUT2D eigenvalue weighted by molar-refractivity contribution is -0.153. The summed E-state index contributed by atoms with van der Waals surface area (Å²) in [5.74, 6) is -1.21. The van der Waals surface area contributed by atoms with E-state index in [1.807, 2.05) is 54.6 Å². The summed E-state index contributed by atoms with van der Waals surface area (Å²) in [6.07, 6.45) is 0.700. The summed E-state index contributed by atoms with van der Waals surface area (Å²) < 4.78 is 4.72. The third-order valence-electron chi connectivity index (χ3n) is 3.23. The van der Waals surface area contributed by atoms with Gasteiger partial charge in [0, 0.05) is 6.42 Å². The van der Waals surface area contributed by atoms with Crippen LogP contribution in [0.4, 0.5) is 0 Å². The van der Waals surface area contributed by atoms with E-state index >= 15 is 0 Å². The normalized spacial score (nSPS) is 10.1. The van der Waals surface area contributed by atoms with Crippen LogP contribution in [0.5, 0.6) is 0 Å². The van der Waals surface area contributed by atoms with Gasteiger partial charge < -0.3 is 4.74 Å². The molecule has 0 saturated heterocycles. The molecule has 0 radical (unpaired) electrons. The van der Waals surface area contributed by atoms with Gasteiger partial charge in [0.1, 0.15) is 0 Å². The summed E-state index contributed by atoms with van der Waals surface area (Å²) in [6, 6.07) is 17.9. The van der Waals surface area contributed by atoms with E-state index in [1.54, 1.807) is 6.92 Å². The first kappa shape index (κ1) is 15.0. The van der Waals surface area contributed by atoms with Gasteiger partial charge in [0.2, 0.25) is 5.78 Å². The Balaban J connectivity index is 2.11. The van der Waals surface area contributed by atoms with Gasteiger partial charge in [-0.15, -0.1) is 0 Å². The molecule has 0 amide bonds. The van der Waals surface area contributed by atoms with Crippen LogP contribution in [-0.4, -0.2) is 18.4 Å². The number of ether oxygens (including phenoxy) is 1. The fourth-order valence-corrected chi connectivity index (χ4v) is 2.20. The standard InChI is InChI=1S/C18H18O3/c1-2-21-18(20)17(19)13-12-15-10-6-7-11-16(15)14-8-4-3-5-9-14/h3-11H,2,12-13H2,1H3. The third-order valence-corrected chi connectivity index (χ3v) is 3.23. The van der Waals surface area contributed by atoms with E-state index in [9.17, 15) is 9.59 Å². The molecule has 0 aliphatic rings. The second-order valence-electron chi connectivity index (χ2n) is 4.67. The zero-order valence-electron chi connectivity index (χ0n) is 12.0. The number of carbonyl (C=O) groups excluding carboxylic acids is 2. The minimum absolute atomic E-state index is 0.169. The second-order valence-corrected chi connectivity index (χ2v) is 4.67. The molecule has 108 valence electrons. The first-order valence-corrected chi connectivity index (χ1v) is 7.05. The minimum atomic E-state index is -0.741. The maximum atomic E-state index is 11.7. The summed E-state index contributed by atoms with van der Waals surface area (Å²) >= 11 is 0. The molecule has 2 rings (SSSR count). The number of hydrogen-bond acceptors (Lipinski definition) is 3. The average Bonchev–Trinajstić information content (AvgIpc) is 2.54. The van der Waals surface area contributed by atoms with Crippen LogP contribution in [-0.2, 0) is 20.7 Å². The van der Waals surface area contributed by atoms with Crippen molar-refractivity contribution in [2.45, 2.75) is 19.8 Å². The predicted molar refractivity (Wildman–Crippen MR) is 81.8 cm³/mol. The predicted octanol–water partition coefficient (Wildman–Crippen LogP) is 3.42. The molecule has 2 aromatic rings. The molecule has 0 fully saturated rings. The Morgan fingerprint density at radius 2 is 1.62 bits per heavy atom. The molecular weight excluding hydrogens is 264 g/mol. The van der Waals surface area contributed by atoms with Crippen LogP contribution in [0.2, 0.25) is 0 Å². The largest absolute Gasteiger partial charge is 0.460 e. The number of esters is 1. The number of ketones is 1. The summed E-state index contributed by atoms with van der Waals surface area (Å²) in [5, 5.41) is 0. The highest BCUT2D eigenvalue weighted by atomic mass is 16.5. The van der Waals surface area contributed by atoms with Crippen molar-refractivity contribution >= 4 is 11.8 Å². The maximum absolute atomic E-state index is 11.7. The van der Waals surface area contributed by atoms with Crippen LogP contribution >= 0.6 is 0 Å². The van der Waals surface area contributed by atoms with E-state index in [-0.39, 0.29) is 13.0 Å². The number of hydrogen-bond donors (Lipinski definition) is 0. The highest BCUT2D eigenvalue weighted by molar-refractivity contribution is 6.33. The Labute approximate surface area is 124 Å². The maximum Gasteiger partial charge on any atom is 0.374 e. The lowest BCUT2D eigenvalue weighted by atomic mass is 9.96. The molecule has 2 aromatic carbocycles. The molecule has 0 aliphatic carbocycles. The van der Waals surface area contributed by atoms with E-state index in [1.165, 1.54) is 0 Å². The zero-order chi connectivity index (χ0) is 15.1. The molecule has 0 heterocycles. The molecule has 21 heavy (non-hydrogen) atoms. The highest BCUT2D eigenvalue weighted by Crippen LogP contribution is 2.24. The van der Waals surface area contributed by atoms with E-state index in [2.05, 4.69) is 0 Å². The highest BCUT2D eigenvalue weighted by Gasteiger charge is 2.15. The lowest BCUT2D eigenvalue weighted by Gasteiger charge is -2.09. The van der Waals surface area contributed by atoms with Crippen molar-refractivity contribution in [3.8, 4) is 11.1 Å². The quantitative estimate of drug-likeness (QED) is 0.602. The number of benzene rings is 2.